The summed E-state index contributed by atoms with van der Waals surface area (Å²) in [6.45, 7) is 6.53. The van der Waals surface area contributed by atoms with E-state index in [-0.39, 0.29) is 6.54 Å². The second-order valence-electron chi connectivity index (χ2n) is 5.41. The fraction of sp³-hybridized carbons (Fsp3) is 0.562. The molecular weight excluding hydrogens is 238 g/mol. The van der Waals surface area contributed by atoms with Crippen LogP contribution < -0.4 is 5.73 Å². The van der Waals surface area contributed by atoms with Crippen LogP contribution in [0.5, 0.6) is 0 Å². The molecule has 3 N–H and O–H groups in total. The van der Waals surface area contributed by atoms with Crippen LogP contribution in [0.3, 0.4) is 0 Å². The summed E-state index contributed by atoms with van der Waals surface area (Å²) in [6.07, 6.45) is 2.58. The van der Waals surface area contributed by atoms with E-state index in [4.69, 9.17) is 10.8 Å². The minimum absolute atomic E-state index is 0.221. The van der Waals surface area contributed by atoms with Crippen molar-refractivity contribution in [3.05, 3.63) is 34.9 Å². The summed E-state index contributed by atoms with van der Waals surface area (Å²) in [5, 5.41) is 9.10. The van der Waals surface area contributed by atoms with Crippen LogP contribution in [0.15, 0.2) is 18.2 Å². The van der Waals surface area contributed by atoms with Crippen molar-refractivity contribution in [2.24, 2.45) is 17.6 Å². The first-order valence-corrected chi connectivity index (χ1v) is 6.96. The van der Waals surface area contributed by atoms with Crippen molar-refractivity contribution in [2.75, 3.05) is 6.54 Å². The zero-order valence-electron chi connectivity index (χ0n) is 12.1. The first-order valence-electron chi connectivity index (χ1n) is 6.96. The largest absolute Gasteiger partial charge is 0.481 e. The smallest absolute Gasteiger partial charge is 0.307 e. The summed E-state index contributed by atoms with van der Waals surface area (Å²) >= 11 is 0. The topological polar surface area (TPSA) is 63.3 Å². The SMILES string of the molecule is CCC(Cc1cc(C)ccc1C)CC(CN)C(=O)O. The molecule has 2 unspecified atom stereocenters. The molecule has 106 valence electrons. The second kappa shape index (κ2) is 7.29. The summed E-state index contributed by atoms with van der Waals surface area (Å²) in [5.74, 6) is -0.817. The minimum atomic E-state index is -0.776. The lowest BCUT2D eigenvalue weighted by atomic mass is 9.86. The molecule has 0 saturated carbocycles. The molecule has 3 nitrogen and oxygen atoms in total. The second-order valence-corrected chi connectivity index (χ2v) is 5.41. The van der Waals surface area contributed by atoms with E-state index < -0.39 is 11.9 Å². The van der Waals surface area contributed by atoms with E-state index in [9.17, 15) is 4.79 Å². The van der Waals surface area contributed by atoms with Gasteiger partial charge >= 0.3 is 5.97 Å². The van der Waals surface area contributed by atoms with Gasteiger partial charge in [-0.1, -0.05) is 37.1 Å². The molecule has 0 aliphatic rings. The first-order chi connectivity index (χ1) is 8.97. The van der Waals surface area contributed by atoms with Crippen molar-refractivity contribution in [1.82, 2.24) is 0 Å². The molecule has 3 heteroatoms. The van der Waals surface area contributed by atoms with Gasteiger partial charge in [-0.3, -0.25) is 4.79 Å². The van der Waals surface area contributed by atoms with Gasteiger partial charge in [0.2, 0.25) is 0 Å². The highest BCUT2D eigenvalue weighted by Gasteiger charge is 2.20. The van der Waals surface area contributed by atoms with Crippen molar-refractivity contribution in [3.8, 4) is 0 Å². The van der Waals surface area contributed by atoms with Crippen LogP contribution in [0, 0.1) is 25.7 Å². The highest BCUT2D eigenvalue weighted by atomic mass is 16.4. The third-order valence-corrected chi connectivity index (χ3v) is 3.84. The van der Waals surface area contributed by atoms with Gasteiger partial charge in [0.15, 0.2) is 0 Å². The molecule has 0 spiro atoms. The molecule has 0 bridgehead atoms. The lowest BCUT2D eigenvalue weighted by Gasteiger charge is -2.20. The van der Waals surface area contributed by atoms with Crippen molar-refractivity contribution >= 4 is 5.97 Å². The minimum Gasteiger partial charge on any atom is -0.481 e. The van der Waals surface area contributed by atoms with E-state index in [0.717, 1.165) is 12.8 Å². The number of carbonyl (C=O) groups is 1. The Kier molecular flexibility index (Phi) is 6.03. The molecule has 0 amide bonds. The highest BCUT2D eigenvalue weighted by Crippen LogP contribution is 2.23. The molecule has 0 saturated heterocycles. The molecule has 1 rings (SSSR count). The summed E-state index contributed by atoms with van der Waals surface area (Å²) in [6, 6.07) is 6.45. The maximum absolute atomic E-state index is 11.1. The maximum Gasteiger partial charge on any atom is 0.307 e. The third kappa shape index (κ3) is 4.67. The van der Waals surface area contributed by atoms with E-state index in [1.54, 1.807) is 0 Å². The molecule has 1 aromatic carbocycles. The maximum atomic E-state index is 11.1. The predicted molar refractivity (Wildman–Crippen MR) is 78.2 cm³/mol. The van der Waals surface area contributed by atoms with Crippen molar-refractivity contribution in [1.29, 1.82) is 0 Å². The van der Waals surface area contributed by atoms with Gasteiger partial charge < -0.3 is 10.8 Å². The Morgan fingerprint density at radius 1 is 1.37 bits per heavy atom. The Hall–Kier alpha value is -1.35. The monoisotopic (exact) mass is 263 g/mol. The van der Waals surface area contributed by atoms with Gasteiger partial charge in [-0.05, 0) is 43.7 Å². The first kappa shape index (κ1) is 15.7. The molecule has 2 atom stereocenters. The molecule has 0 aromatic heterocycles. The zero-order chi connectivity index (χ0) is 14.4. The van der Waals surface area contributed by atoms with Gasteiger partial charge in [-0.25, -0.2) is 0 Å². The van der Waals surface area contributed by atoms with Crippen LogP contribution in [0.1, 0.15) is 36.5 Å². The lowest BCUT2D eigenvalue weighted by molar-refractivity contribution is -0.142. The number of hydrogen-bond donors (Lipinski definition) is 2. The van der Waals surface area contributed by atoms with Crippen LogP contribution >= 0.6 is 0 Å². The van der Waals surface area contributed by atoms with Crippen LogP contribution in [0.25, 0.3) is 0 Å². The van der Waals surface area contributed by atoms with Gasteiger partial charge in [0.25, 0.3) is 0 Å². The van der Waals surface area contributed by atoms with Gasteiger partial charge in [0.05, 0.1) is 5.92 Å². The molecule has 19 heavy (non-hydrogen) atoms. The fourth-order valence-electron chi connectivity index (χ4n) is 2.43. The predicted octanol–water partition coefficient (Wildman–Crippen LogP) is 2.92. The number of carboxylic acids is 1. The number of aliphatic carboxylic acids is 1. The normalized spacial score (nSPS) is 14.1. The molecule has 0 aliphatic carbocycles. The van der Waals surface area contributed by atoms with Crippen molar-refractivity contribution in [2.45, 2.75) is 40.0 Å². The summed E-state index contributed by atoms with van der Waals surface area (Å²) in [4.78, 5) is 11.1. The number of aryl methyl sites for hydroxylation is 2. The van der Waals surface area contributed by atoms with Crippen molar-refractivity contribution < 1.29 is 9.90 Å². The third-order valence-electron chi connectivity index (χ3n) is 3.84. The lowest BCUT2D eigenvalue weighted by Crippen LogP contribution is -2.26. The average Bonchev–Trinajstić information content (AvgIpc) is 2.37. The number of nitrogens with two attached hydrogens (primary N) is 1. The van der Waals surface area contributed by atoms with E-state index in [1.165, 1.54) is 16.7 Å². The Labute approximate surface area is 115 Å². The van der Waals surface area contributed by atoms with Crippen LogP contribution in [-0.4, -0.2) is 17.6 Å². The molecule has 0 aliphatic heterocycles. The molecule has 1 aromatic rings. The summed E-state index contributed by atoms with van der Waals surface area (Å²) < 4.78 is 0. The molecule has 0 heterocycles. The van der Waals surface area contributed by atoms with Crippen molar-refractivity contribution in [3.63, 3.8) is 0 Å². The Bertz CT molecular complexity index is 429. The summed E-state index contributed by atoms with van der Waals surface area (Å²) in [7, 11) is 0. The number of rotatable bonds is 7. The molecule has 0 fully saturated rings. The molecular formula is C16H25NO2. The zero-order valence-corrected chi connectivity index (χ0v) is 12.1. The quantitative estimate of drug-likeness (QED) is 0.795. The molecule has 0 radical (unpaired) electrons. The van der Waals surface area contributed by atoms with Gasteiger partial charge in [0, 0.05) is 6.54 Å². The van der Waals surface area contributed by atoms with E-state index in [0.29, 0.717) is 12.3 Å². The number of hydrogen-bond acceptors (Lipinski definition) is 2. The highest BCUT2D eigenvalue weighted by molar-refractivity contribution is 5.70. The Morgan fingerprint density at radius 2 is 2.05 bits per heavy atom. The van der Waals surface area contributed by atoms with E-state index in [2.05, 4.69) is 39.0 Å². The Morgan fingerprint density at radius 3 is 2.58 bits per heavy atom. The Balaban J connectivity index is 2.76. The van der Waals surface area contributed by atoms with Crippen LogP contribution in [0.4, 0.5) is 0 Å². The fourth-order valence-corrected chi connectivity index (χ4v) is 2.43. The van der Waals surface area contributed by atoms with Gasteiger partial charge in [0.1, 0.15) is 0 Å². The van der Waals surface area contributed by atoms with E-state index >= 15 is 0 Å². The number of carboxylic acid groups (broad SMARTS) is 1. The summed E-state index contributed by atoms with van der Waals surface area (Å²) in [5.41, 5.74) is 9.41. The average molecular weight is 263 g/mol. The van der Waals surface area contributed by atoms with Crippen LogP contribution in [0.2, 0.25) is 0 Å². The van der Waals surface area contributed by atoms with E-state index in [1.807, 2.05) is 0 Å². The number of benzene rings is 1. The van der Waals surface area contributed by atoms with Gasteiger partial charge in [-0.15, -0.1) is 0 Å². The standard InChI is InChI=1S/C16H25NO2/c1-4-13(9-15(10-17)16(18)19)8-14-7-11(2)5-6-12(14)3/h5-7,13,15H,4,8-10,17H2,1-3H3,(H,18,19). The van der Waals surface area contributed by atoms with Gasteiger partial charge in [-0.2, -0.15) is 0 Å². The van der Waals surface area contributed by atoms with Crippen LogP contribution in [-0.2, 0) is 11.2 Å².